The van der Waals surface area contributed by atoms with Crippen LogP contribution in [0.3, 0.4) is 0 Å². The Bertz CT molecular complexity index is 775. The topological polar surface area (TPSA) is 69.9 Å². The van der Waals surface area contributed by atoms with Gasteiger partial charge in [-0.2, -0.15) is 0 Å². The number of hydrogen-bond acceptors (Lipinski definition) is 6. The molecule has 0 bridgehead atoms. The normalized spacial score (nSPS) is 18.7. The van der Waals surface area contributed by atoms with Crippen LogP contribution in [-0.4, -0.2) is 77.5 Å². The fourth-order valence-corrected chi connectivity index (χ4v) is 4.29. The highest BCUT2D eigenvalue weighted by molar-refractivity contribution is 7.13. The number of piperidine rings is 1. The van der Waals surface area contributed by atoms with Crippen LogP contribution in [0.4, 0.5) is 0 Å². The van der Waals surface area contributed by atoms with Crippen LogP contribution < -0.4 is 0 Å². The molecule has 2 fully saturated rings. The van der Waals surface area contributed by atoms with Gasteiger partial charge in [0.15, 0.2) is 11.5 Å². The van der Waals surface area contributed by atoms with E-state index in [1.165, 1.54) is 6.42 Å². The number of thiophene rings is 1. The van der Waals surface area contributed by atoms with Gasteiger partial charge in [0, 0.05) is 45.3 Å². The molecular weight excluding hydrogens is 364 g/mol. The van der Waals surface area contributed by atoms with Crippen molar-refractivity contribution >= 4 is 23.2 Å². The third kappa shape index (κ3) is 4.22. The van der Waals surface area contributed by atoms with Crippen LogP contribution in [0.2, 0.25) is 0 Å². The van der Waals surface area contributed by atoms with Crippen molar-refractivity contribution in [1.29, 1.82) is 0 Å². The lowest BCUT2D eigenvalue weighted by molar-refractivity contribution is -0.133. The number of carbonyl (C=O) groups excluding carboxylic acids is 2. The van der Waals surface area contributed by atoms with Crippen molar-refractivity contribution in [3.8, 4) is 10.6 Å². The lowest BCUT2D eigenvalue weighted by Crippen LogP contribution is -2.52. The van der Waals surface area contributed by atoms with Gasteiger partial charge in [0.1, 0.15) is 0 Å². The van der Waals surface area contributed by atoms with Gasteiger partial charge in [-0.1, -0.05) is 11.2 Å². The monoisotopic (exact) mass is 388 g/mol. The predicted octanol–water partition coefficient (Wildman–Crippen LogP) is 2.17. The van der Waals surface area contributed by atoms with Gasteiger partial charge in [-0.05, 0) is 30.7 Å². The van der Waals surface area contributed by atoms with E-state index >= 15 is 0 Å². The van der Waals surface area contributed by atoms with E-state index < -0.39 is 0 Å². The van der Waals surface area contributed by atoms with Crippen molar-refractivity contribution in [2.45, 2.75) is 19.3 Å². The molecule has 2 saturated heterocycles. The molecule has 0 atom stereocenters. The van der Waals surface area contributed by atoms with Crippen LogP contribution in [0, 0.1) is 0 Å². The van der Waals surface area contributed by atoms with E-state index in [-0.39, 0.29) is 11.8 Å². The Morgan fingerprint density at radius 2 is 1.81 bits per heavy atom. The first-order chi connectivity index (χ1) is 13.2. The second-order valence-corrected chi connectivity index (χ2v) is 8.01. The van der Waals surface area contributed by atoms with E-state index in [4.69, 9.17) is 4.52 Å². The maximum Gasteiger partial charge on any atom is 0.276 e. The molecule has 2 aromatic heterocycles. The molecule has 0 aliphatic carbocycles. The molecule has 144 valence electrons. The van der Waals surface area contributed by atoms with Crippen molar-refractivity contribution in [1.82, 2.24) is 19.9 Å². The first kappa shape index (κ1) is 18.2. The van der Waals surface area contributed by atoms with Gasteiger partial charge in [-0.15, -0.1) is 11.3 Å². The number of rotatable bonds is 4. The van der Waals surface area contributed by atoms with Gasteiger partial charge < -0.3 is 14.3 Å². The molecule has 4 rings (SSSR count). The largest absolute Gasteiger partial charge is 0.355 e. The SMILES string of the molecule is O=C(CN1CCN(C(=O)c2cc(-c3cccs3)on2)CC1)N1CCCCC1. The third-order valence-corrected chi connectivity index (χ3v) is 6.10. The first-order valence-electron chi connectivity index (χ1n) is 9.51. The van der Waals surface area contributed by atoms with Crippen LogP contribution in [0.1, 0.15) is 29.8 Å². The molecule has 27 heavy (non-hydrogen) atoms. The zero-order chi connectivity index (χ0) is 18.6. The molecule has 2 amide bonds. The molecule has 0 spiro atoms. The van der Waals surface area contributed by atoms with Crippen molar-refractivity contribution in [2.75, 3.05) is 45.8 Å². The number of aromatic nitrogens is 1. The van der Waals surface area contributed by atoms with Crippen LogP contribution >= 0.6 is 11.3 Å². The summed E-state index contributed by atoms with van der Waals surface area (Å²) < 4.78 is 5.31. The van der Waals surface area contributed by atoms with Crippen LogP contribution in [0.15, 0.2) is 28.1 Å². The highest BCUT2D eigenvalue weighted by atomic mass is 32.1. The average molecular weight is 388 g/mol. The smallest absolute Gasteiger partial charge is 0.276 e. The van der Waals surface area contributed by atoms with E-state index in [0.29, 0.717) is 44.2 Å². The summed E-state index contributed by atoms with van der Waals surface area (Å²) in [6.07, 6.45) is 3.44. The molecule has 0 N–H and O–H groups in total. The molecule has 2 aliphatic rings. The second-order valence-electron chi connectivity index (χ2n) is 7.06. The van der Waals surface area contributed by atoms with Gasteiger partial charge in [0.05, 0.1) is 11.4 Å². The summed E-state index contributed by atoms with van der Waals surface area (Å²) in [4.78, 5) is 31.9. The average Bonchev–Trinajstić information content (AvgIpc) is 3.40. The minimum absolute atomic E-state index is 0.108. The quantitative estimate of drug-likeness (QED) is 0.803. The lowest BCUT2D eigenvalue weighted by Gasteiger charge is -2.35. The van der Waals surface area contributed by atoms with Crippen LogP contribution in [0.5, 0.6) is 0 Å². The van der Waals surface area contributed by atoms with E-state index in [0.717, 1.165) is 30.8 Å². The Kier molecular flexibility index (Phi) is 5.54. The van der Waals surface area contributed by atoms with E-state index in [1.807, 2.05) is 22.4 Å². The standard InChI is InChI=1S/C19H24N4O3S/c24-18(22-6-2-1-3-7-22)14-21-8-10-23(11-9-21)19(25)15-13-16(26-20-15)17-5-4-12-27-17/h4-5,12-13H,1-3,6-11,14H2. The van der Waals surface area contributed by atoms with Crippen molar-refractivity contribution < 1.29 is 14.1 Å². The number of amides is 2. The Morgan fingerprint density at radius 1 is 1.04 bits per heavy atom. The van der Waals surface area contributed by atoms with E-state index in [9.17, 15) is 9.59 Å². The molecule has 2 aromatic rings. The molecule has 0 unspecified atom stereocenters. The highest BCUT2D eigenvalue weighted by Crippen LogP contribution is 2.25. The molecule has 8 heteroatoms. The maximum atomic E-state index is 12.7. The Balaban J connectivity index is 1.28. The molecule has 4 heterocycles. The lowest BCUT2D eigenvalue weighted by atomic mass is 10.1. The van der Waals surface area contributed by atoms with E-state index in [2.05, 4.69) is 10.1 Å². The molecular formula is C19H24N4O3S. The third-order valence-electron chi connectivity index (χ3n) is 5.22. The Labute approximate surface area is 162 Å². The van der Waals surface area contributed by atoms with Gasteiger partial charge in [-0.3, -0.25) is 14.5 Å². The zero-order valence-electron chi connectivity index (χ0n) is 15.3. The molecule has 0 saturated carbocycles. The number of nitrogens with zero attached hydrogens (tertiary/aromatic N) is 4. The molecule has 0 radical (unpaired) electrons. The van der Waals surface area contributed by atoms with Crippen LogP contribution in [0.25, 0.3) is 10.6 Å². The summed E-state index contributed by atoms with van der Waals surface area (Å²) in [6.45, 7) is 4.85. The summed E-state index contributed by atoms with van der Waals surface area (Å²) in [5.41, 5.74) is 0.344. The van der Waals surface area contributed by atoms with Gasteiger partial charge in [0.25, 0.3) is 5.91 Å². The maximum absolute atomic E-state index is 12.7. The van der Waals surface area contributed by atoms with E-state index in [1.54, 1.807) is 22.3 Å². The first-order valence-corrected chi connectivity index (χ1v) is 10.4. The predicted molar refractivity (Wildman–Crippen MR) is 103 cm³/mol. The Hall–Kier alpha value is -2.19. The fourth-order valence-electron chi connectivity index (χ4n) is 3.62. The Morgan fingerprint density at radius 3 is 2.52 bits per heavy atom. The summed E-state index contributed by atoms with van der Waals surface area (Å²) in [7, 11) is 0. The number of likely N-dealkylation sites (tertiary alicyclic amines) is 1. The van der Waals surface area contributed by atoms with Crippen molar-refractivity contribution in [3.63, 3.8) is 0 Å². The fraction of sp³-hybridized carbons (Fsp3) is 0.526. The minimum Gasteiger partial charge on any atom is -0.355 e. The minimum atomic E-state index is -0.108. The summed E-state index contributed by atoms with van der Waals surface area (Å²) in [5, 5.41) is 5.90. The summed E-state index contributed by atoms with van der Waals surface area (Å²) in [6, 6.07) is 5.59. The molecule has 2 aliphatic heterocycles. The van der Waals surface area contributed by atoms with Crippen molar-refractivity contribution in [2.24, 2.45) is 0 Å². The highest BCUT2D eigenvalue weighted by Gasteiger charge is 2.27. The van der Waals surface area contributed by atoms with Gasteiger partial charge in [-0.25, -0.2) is 0 Å². The summed E-state index contributed by atoms with van der Waals surface area (Å²) >= 11 is 1.55. The summed E-state index contributed by atoms with van der Waals surface area (Å²) in [5.74, 6) is 0.731. The van der Waals surface area contributed by atoms with Crippen LogP contribution in [-0.2, 0) is 4.79 Å². The second kappa shape index (κ2) is 8.22. The zero-order valence-corrected chi connectivity index (χ0v) is 16.1. The van der Waals surface area contributed by atoms with Gasteiger partial charge in [0.2, 0.25) is 5.91 Å². The molecule has 0 aromatic carbocycles. The number of hydrogen-bond donors (Lipinski definition) is 0. The molecule has 7 nitrogen and oxygen atoms in total. The van der Waals surface area contributed by atoms with Crippen molar-refractivity contribution in [3.05, 3.63) is 29.3 Å². The number of carbonyl (C=O) groups is 2. The van der Waals surface area contributed by atoms with Gasteiger partial charge >= 0.3 is 0 Å². The number of piperazine rings is 1.